The van der Waals surface area contributed by atoms with Crippen molar-refractivity contribution in [2.75, 3.05) is 0 Å². The number of rotatable bonds is 3. The molecule has 0 nitrogen and oxygen atoms in total. The molecule has 1 aromatic rings. The quantitative estimate of drug-likeness (QED) is 0.672. The predicted octanol–water partition coefficient (Wildman–Crippen LogP) is 4.37. The van der Waals surface area contributed by atoms with Gasteiger partial charge in [-0.1, -0.05) is 31.2 Å². The first-order chi connectivity index (χ1) is 7.41. The zero-order chi connectivity index (χ0) is 12.3. The molecule has 1 rings (SSSR count). The number of hydrogen-bond acceptors (Lipinski definition) is 0. The van der Waals surface area contributed by atoms with E-state index in [0.29, 0.717) is 12.0 Å². The highest BCUT2D eigenvalue weighted by Gasteiger charge is 2.36. The van der Waals surface area contributed by atoms with Crippen molar-refractivity contribution in [3.05, 3.63) is 54.5 Å². The summed E-state index contributed by atoms with van der Waals surface area (Å²) >= 11 is 0. The lowest BCUT2D eigenvalue weighted by atomic mass is 9.91. The summed E-state index contributed by atoms with van der Waals surface area (Å²) in [4.78, 5) is 0. The molecule has 1 atom stereocenters. The van der Waals surface area contributed by atoms with Gasteiger partial charge < -0.3 is 0 Å². The molecule has 87 valence electrons. The lowest BCUT2D eigenvalue weighted by Crippen LogP contribution is -2.13. The van der Waals surface area contributed by atoms with Gasteiger partial charge in [0.05, 0.1) is 5.56 Å². The Bertz CT molecular complexity index is 377. The van der Waals surface area contributed by atoms with Crippen LogP contribution in [0.5, 0.6) is 0 Å². The van der Waals surface area contributed by atoms with Gasteiger partial charge in [-0.2, -0.15) is 13.2 Å². The van der Waals surface area contributed by atoms with Crippen LogP contribution in [0.2, 0.25) is 0 Å². The van der Waals surface area contributed by atoms with Gasteiger partial charge in [-0.15, -0.1) is 6.58 Å². The van der Waals surface area contributed by atoms with Gasteiger partial charge in [0.2, 0.25) is 0 Å². The molecule has 0 aliphatic rings. The summed E-state index contributed by atoms with van der Waals surface area (Å²) in [6.07, 6.45) is -2.56. The van der Waals surface area contributed by atoms with Crippen LogP contribution in [0.15, 0.2) is 30.9 Å². The van der Waals surface area contributed by atoms with Crippen LogP contribution in [0.4, 0.5) is 13.2 Å². The number of halogens is 3. The average Bonchev–Trinajstić information content (AvgIpc) is 2.25. The Morgan fingerprint density at radius 1 is 1.38 bits per heavy atom. The van der Waals surface area contributed by atoms with Crippen LogP contribution >= 0.6 is 0 Å². The molecule has 0 heterocycles. The second-order valence-corrected chi connectivity index (χ2v) is 3.57. The molecule has 0 spiro atoms. The maximum absolute atomic E-state index is 12.9. The molecule has 0 bridgehead atoms. The molecular weight excluding hydrogens is 213 g/mol. The van der Waals surface area contributed by atoms with Gasteiger partial charge in [0.1, 0.15) is 0 Å². The minimum absolute atomic E-state index is 0.196. The van der Waals surface area contributed by atoms with Gasteiger partial charge in [0, 0.05) is 5.92 Å². The van der Waals surface area contributed by atoms with E-state index in [1.54, 1.807) is 13.0 Å². The first-order valence-corrected chi connectivity index (χ1v) is 5.06. The standard InChI is InChI=1S/C13H14F3/c1-4-9(3)11-8-6-7-10(5-2)12(11)13(14,15)16/h4,6-9H,1,3,5H2,2H3. The Hall–Kier alpha value is -1.25. The van der Waals surface area contributed by atoms with E-state index in [9.17, 15) is 13.2 Å². The highest BCUT2D eigenvalue weighted by molar-refractivity contribution is 5.41. The van der Waals surface area contributed by atoms with Crippen LogP contribution in [0, 0.1) is 6.92 Å². The molecule has 0 saturated heterocycles. The first-order valence-electron chi connectivity index (χ1n) is 5.06. The van der Waals surface area contributed by atoms with Crippen LogP contribution in [0.25, 0.3) is 0 Å². The molecule has 0 N–H and O–H groups in total. The van der Waals surface area contributed by atoms with Gasteiger partial charge in [-0.3, -0.25) is 0 Å². The second-order valence-electron chi connectivity index (χ2n) is 3.57. The van der Waals surface area contributed by atoms with E-state index in [2.05, 4.69) is 13.5 Å². The van der Waals surface area contributed by atoms with E-state index in [0.717, 1.165) is 0 Å². The lowest BCUT2D eigenvalue weighted by molar-refractivity contribution is -0.138. The molecular formula is C13H14F3. The van der Waals surface area contributed by atoms with Gasteiger partial charge >= 0.3 is 6.18 Å². The minimum atomic E-state index is -4.33. The maximum Gasteiger partial charge on any atom is 0.416 e. The van der Waals surface area contributed by atoms with Crippen molar-refractivity contribution in [3.63, 3.8) is 0 Å². The Labute approximate surface area is 93.8 Å². The molecule has 16 heavy (non-hydrogen) atoms. The van der Waals surface area contributed by atoms with E-state index in [1.807, 2.05) is 0 Å². The van der Waals surface area contributed by atoms with E-state index in [1.165, 1.54) is 18.2 Å². The Kier molecular flexibility index (Phi) is 3.79. The second kappa shape index (κ2) is 4.73. The highest BCUT2D eigenvalue weighted by Crippen LogP contribution is 2.38. The van der Waals surface area contributed by atoms with Gasteiger partial charge in [-0.05, 0) is 24.5 Å². The van der Waals surface area contributed by atoms with Gasteiger partial charge in [0.25, 0.3) is 0 Å². The van der Waals surface area contributed by atoms with Crippen LogP contribution in [-0.2, 0) is 12.6 Å². The lowest BCUT2D eigenvalue weighted by Gasteiger charge is -2.19. The van der Waals surface area contributed by atoms with Gasteiger partial charge in [0.15, 0.2) is 0 Å². The largest absolute Gasteiger partial charge is 0.416 e. The van der Waals surface area contributed by atoms with Gasteiger partial charge in [-0.25, -0.2) is 0 Å². The Balaban J connectivity index is 3.43. The van der Waals surface area contributed by atoms with Crippen LogP contribution in [-0.4, -0.2) is 0 Å². The monoisotopic (exact) mass is 227 g/mol. The number of benzene rings is 1. The number of hydrogen-bond donors (Lipinski definition) is 0. The summed E-state index contributed by atoms with van der Waals surface area (Å²) in [5, 5.41) is 0. The fourth-order valence-corrected chi connectivity index (χ4v) is 1.70. The molecule has 1 radical (unpaired) electrons. The van der Waals surface area contributed by atoms with Crippen molar-refractivity contribution in [2.45, 2.75) is 25.4 Å². The van der Waals surface area contributed by atoms with Crippen molar-refractivity contribution in [1.29, 1.82) is 0 Å². The van der Waals surface area contributed by atoms with Crippen molar-refractivity contribution in [1.82, 2.24) is 0 Å². The summed E-state index contributed by atoms with van der Waals surface area (Å²) in [5.74, 6) is -0.539. The SMILES string of the molecule is [CH2]C(C=C)c1cccc(CC)c1C(F)(F)F. The van der Waals surface area contributed by atoms with Crippen LogP contribution in [0.3, 0.4) is 0 Å². The van der Waals surface area contributed by atoms with E-state index >= 15 is 0 Å². The maximum atomic E-state index is 12.9. The van der Waals surface area contributed by atoms with E-state index in [4.69, 9.17) is 0 Å². The third-order valence-corrected chi connectivity index (χ3v) is 2.53. The van der Waals surface area contributed by atoms with Crippen molar-refractivity contribution < 1.29 is 13.2 Å². The molecule has 3 heteroatoms. The van der Waals surface area contributed by atoms with Crippen molar-refractivity contribution >= 4 is 0 Å². The molecule has 1 unspecified atom stereocenters. The molecule has 0 saturated carbocycles. The number of allylic oxidation sites excluding steroid dienone is 1. The molecule has 0 fully saturated rings. The summed E-state index contributed by atoms with van der Waals surface area (Å²) in [5.41, 5.74) is -0.0558. The van der Waals surface area contributed by atoms with E-state index in [-0.39, 0.29) is 5.56 Å². The first kappa shape index (κ1) is 12.8. The molecule has 0 amide bonds. The fourth-order valence-electron chi connectivity index (χ4n) is 1.70. The highest BCUT2D eigenvalue weighted by atomic mass is 19.4. The van der Waals surface area contributed by atoms with Crippen LogP contribution < -0.4 is 0 Å². The molecule has 1 aromatic carbocycles. The molecule has 0 aliphatic heterocycles. The molecule has 0 aliphatic carbocycles. The average molecular weight is 227 g/mol. The third kappa shape index (κ3) is 2.46. The topological polar surface area (TPSA) is 0 Å². The predicted molar refractivity (Wildman–Crippen MR) is 59.1 cm³/mol. The zero-order valence-corrected chi connectivity index (χ0v) is 9.14. The third-order valence-electron chi connectivity index (χ3n) is 2.53. The van der Waals surface area contributed by atoms with E-state index < -0.39 is 17.7 Å². The normalized spacial score (nSPS) is 13.6. The molecule has 0 aromatic heterocycles. The Morgan fingerprint density at radius 3 is 2.44 bits per heavy atom. The minimum Gasteiger partial charge on any atom is -0.166 e. The Morgan fingerprint density at radius 2 is 2.00 bits per heavy atom. The number of aryl methyl sites for hydroxylation is 1. The number of alkyl halides is 3. The van der Waals surface area contributed by atoms with Crippen LogP contribution in [0.1, 0.15) is 29.5 Å². The fraction of sp³-hybridized carbons (Fsp3) is 0.308. The summed E-state index contributed by atoms with van der Waals surface area (Å²) in [6.45, 7) is 8.85. The summed E-state index contributed by atoms with van der Waals surface area (Å²) in [7, 11) is 0. The summed E-state index contributed by atoms with van der Waals surface area (Å²) < 4.78 is 38.8. The van der Waals surface area contributed by atoms with Crippen molar-refractivity contribution in [3.8, 4) is 0 Å². The summed E-state index contributed by atoms with van der Waals surface area (Å²) in [6, 6.07) is 4.59. The zero-order valence-electron chi connectivity index (χ0n) is 9.14. The smallest absolute Gasteiger partial charge is 0.166 e. The van der Waals surface area contributed by atoms with Crippen molar-refractivity contribution in [2.24, 2.45) is 0 Å².